The Morgan fingerprint density at radius 1 is 1.50 bits per heavy atom. The first-order valence-electron chi connectivity index (χ1n) is 5.89. The number of imidazole rings is 1. The summed E-state index contributed by atoms with van der Waals surface area (Å²) in [5.74, 6) is -0.770. The third-order valence-electron chi connectivity index (χ3n) is 3.08. The summed E-state index contributed by atoms with van der Waals surface area (Å²) in [5, 5.41) is 12.2. The Bertz CT molecular complexity index is 560. The minimum absolute atomic E-state index is 0.573. The van der Waals surface area contributed by atoms with E-state index in [9.17, 15) is 4.79 Å². The number of H-pyrrole nitrogens is 1. The average Bonchev–Trinajstić information content (AvgIpc) is 2.75. The molecule has 96 valence electrons. The summed E-state index contributed by atoms with van der Waals surface area (Å²) in [7, 11) is 0. The molecule has 3 N–H and O–H groups in total. The van der Waals surface area contributed by atoms with E-state index in [2.05, 4.69) is 15.3 Å². The average molecular weight is 247 g/mol. The fraction of sp³-hybridized carbons (Fsp3) is 0.385. The van der Waals surface area contributed by atoms with Crippen molar-refractivity contribution in [2.75, 3.05) is 11.9 Å². The van der Waals surface area contributed by atoms with Gasteiger partial charge in [0.2, 0.25) is 0 Å². The molecule has 0 unspecified atom stereocenters. The number of nitrogens with one attached hydrogen (secondary N) is 2. The van der Waals surface area contributed by atoms with Crippen LogP contribution >= 0.6 is 0 Å². The second-order valence-corrected chi connectivity index (χ2v) is 5.00. The number of hydrogen-bond donors (Lipinski definition) is 3. The Balaban J connectivity index is 1.96. The summed E-state index contributed by atoms with van der Waals surface area (Å²) < 4.78 is 0. The number of nitrogens with zero attached hydrogens (tertiary/aromatic N) is 1. The molecule has 1 heterocycles. The highest BCUT2D eigenvalue weighted by molar-refractivity contribution is 5.78. The van der Waals surface area contributed by atoms with E-state index in [-0.39, 0.29) is 0 Å². The van der Waals surface area contributed by atoms with Gasteiger partial charge in [0.25, 0.3) is 0 Å². The molecule has 2 aromatic rings. The fourth-order valence-corrected chi connectivity index (χ4v) is 1.67. The Kier molecular flexibility index (Phi) is 3.23. The molecule has 5 heteroatoms. The number of benzene rings is 1. The highest BCUT2D eigenvalue weighted by Gasteiger charge is 2.26. The number of aromatic nitrogens is 2. The van der Waals surface area contributed by atoms with Gasteiger partial charge in [-0.2, -0.15) is 0 Å². The van der Waals surface area contributed by atoms with Gasteiger partial charge >= 0.3 is 5.97 Å². The van der Waals surface area contributed by atoms with Crippen LogP contribution < -0.4 is 5.32 Å². The van der Waals surface area contributed by atoms with Crippen molar-refractivity contribution in [3.8, 4) is 0 Å². The predicted octanol–water partition coefficient (Wildman–Crippen LogP) is 2.48. The lowest BCUT2D eigenvalue weighted by atomic mass is 9.90. The minimum Gasteiger partial charge on any atom is -0.481 e. The van der Waals surface area contributed by atoms with Gasteiger partial charge < -0.3 is 15.4 Å². The van der Waals surface area contributed by atoms with Crippen molar-refractivity contribution >= 4 is 22.7 Å². The maximum absolute atomic E-state index is 11.0. The molecule has 0 bridgehead atoms. The number of carboxylic acid groups (broad SMARTS) is 1. The van der Waals surface area contributed by atoms with Crippen LogP contribution in [0.1, 0.15) is 20.3 Å². The summed E-state index contributed by atoms with van der Waals surface area (Å²) >= 11 is 0. The van der Waals surface area contributed by atoms with Crippen LogP contribution in [0.4, 0.5) is 5.69 Å². The number of fused-ring (bicyclic) bond motifs is 1. The van der Waals surface area contributed by atoms with Crippen LogP contribution in [0.5, 0.6) is 0 Å². The number of aromatic amines is 1. The molecule has 2 rings (SSSR count). The first kappa shape index (κ1) is 12.4. The molecule has 1 aromatic heterocycles. The van der Waals surface area contributed by atoms with E-state index in [1.165, 1.54) is 0 Å². The molecule has 0 atom stereocenters. The van der Waals surface area contributed by atoms with Gasteiger partial charge in [-0.3, -0.25) is 4.79 Å². The van der Waals surface area contributed by atoms with Crippen molar-refractivity contribution in [3.05, 3.63) is 24.5 Å². The molecule has 0 amide bonds. The lowest BCUT2D eigenvalue weighted by Crippen LogP contribution is -2.26. The molecule has 0 aliphatic heterocycles. The number of hydrogen-bond acceptors (Lipinski definition) is 3. The molecule has 0 spiro atoms. The van der Waals surface area contributed by atoms with Crippen molar-refractivity contribution in [3.63, 3.8) is 0 Å². The van der Waals surface area contributed by atoms with Crippen LogP contribution in [-0.4, -0.2) is 27.6 Å². The molecule has 0 fully saturated rings. The van der Waals surface area contributed by atoms with Crippen LogP contribution in [-0.2, 0) is 4.79 Å². The fourth-order valence-electron chi connectivity index (χ4n) is 1.67. The van der Waals surface area contributed by atoms with Gasteiger partial charge in [0.1, 0.15) is 0 Å². The van der Waals surface area contributed by atoms with Crippen molar-refractivity contribution in [1.29, 1.82) is 0 Å². The Labute approximate surface area is 105 Å². The Morgan fingerprint density at radius 2 is 2.28 bits per heavy atom. The normalized spacial score (nSPS) is 11.7. The zero-order valence-electron chi connectivity index (χ0n) is 10.5. The third kappa shape index (κ3) is 2.61. The molecule has 0 aliphatic rings. The molecular formula is C13H17N3O2. The SMILES string of the molecule is CC(C)(CCNc1ccc2nc[nH]c2c1)C(=O)O. The lowest BCUT2D eigenvalue weighted by molar-refractivity contribution is -0.147. The first-order chi connectivity index (χ1) is 8.49. The second kappa shape index (κ2) is 4.68. The van der Waals surface area contributed by atoms with Crippen LogP contribution in [0.25, 0.3) is 11.0 Å². The minimum atomic E-state index is -0.770. The van der Waals surface area contributed by atoms with Crippen molar-refractivity contribution < 1.29 is 9.90 Å². The van der Waals surface area contributed by atoms with Crippen LogP contribution in [0.3, 0.4) is 0 Å². The van der Waals surface area contributed by atoms with Crippen molar-refractivity contribution in [2.24, 2.45) is 5.41 Å². The van der Waals surface area contributed by atoms with E-state index >= 15 is 0 Å². The molecule has 0 saturated carbocycles. The number of anilines is 1. The lowest BCUT2D eigenvalue weighted by Gasteiger charge is -2.19. The quantitative estimate of drug-likeness (QED) is 0.758. The molecule has 5 nitrogen and oxygen atoms in total. The van der Waals surface area contributed by atoms with E-state index in [0.29, 0.717) is 13.0 Å². The van der Waals surface area contributed by atoms with E-state index in [0.717, 1.165) is 16.7 Å². The first-order valence-corrected chi connectivity index (χ1v) is 5.89. The standard InChI is InChI=1S/C13H17N3O2/c1-13(2,12(17)18)5-6-14-9-3-4-10-11(7-9)16-8-15-10/h3-4,7-8,14H,5-6H2,1-2H3,(H,15,16)(H,17,18). The van der Waals surface area contributed by atoms with Crippen molar-refractivity contribution in [2.45, 2.75) is 20.3 Å². The summed E-state index contributed by atoms with van der Waals surface area (Å²) in [6.07, 6.45) is 2.23. The topological polar surface area (TPSA) is 78.0 Å². The zero-order valence-corrected chi connectivity index (χ0v) is 10.5. The summed E-state index contributed by atoms with van der Waals surface area (Å²) in [5.41, 5.74) is 2.15. The van der Waals surface area contributed by atoms with Crippen molar-refractivity contribution in [1.82, 2.24) is 9.97 Å². The summed E-state index contributed by atoms with van der Waals surface area (Å²) in [6, 6.07) is 5.84. The van der Waals surface area contributed by atoms with Gasteiger partial charge in [0, 0.05) is 12.2 Å². The van der Waals surface area contributed by atoms with E-state index in [4.69, 9.17) is 5.11 Å². The van der Waals surface area contributed by atoms with Gasteiger partial charge in [-0.25, -0.2) is 4.98 Å². The largest absolute Gasteiger partial charge is 0.481 e. The third-order valence-corrected chi connectivity index (χ3v) is 3.08. The maximum atomic E-state index is 11.0. The summed E-state index contributed by atoms with van der Waals surface area (Å²) in [6.45, 7) is 4.09. The number of rotatable bonds is 5. The highest BCUT2D eigenvalue weighted by Crippen LogP contribution is 2.21. The molecular weight excluding hydrogens is 230 g/mol. The van der Waals surface area contributed by atoms with Gasteiger partial charge in [0.05, 0.1) is 22.8 Å². The van der Waals surface area contributed by atoms with Gasteiger partial charge in [-0.1, -0.05) is 0 Å². The van der Waals surface area contributed by atoms with E-state index in [1.54, 1.807) is 20.2 Å². The van der Waals surface area contributed by atoms with Crippen LogP contribution in [0.15, 0.2) is 24.5 Å². The number of carboxylic acids is 1. The monoisotopic (exact) mass is 247 g/mol. The van der Waals surface area contributed by atoms with E-state index in [1.807, 2.05) is 18.2 Å². The molecule has 0 saturated heterocycles. The number of aliphatic carboxylic acids is 1. The van der Waals surface area contributed by atoms with Gasteiger partial charge in [-0.15, -0.1) is 0 Å². The second-order valence-electron chi connectivity index (χ2n) is 5.00. The Morgan fingerprint density at radius 3 is 3.00 bits per heavy atom. The molecule has 18 heavy (non-hydrogen) atoms. The van der Waals surface area contributed by atoms with Gasteiger partial charge in [-0.05, 0) is 38.5 Å². The molecule has 1 aromatic carbocycles. The summed E-state index contributed by atoms with van der Waals surface area (Å²) in [4.78, 5) is 18.1. The Hall–Kier alpha value is -2.04. The predicted molar refractivity (Wildman–Crippen MR) is 70.6 cm³/mol. The molecule has 0 radical (unpaired) electrons. The zero-order chi connectivity index (χ0) is 13.2. The maximum Gasteiger partial charge on any atom is 0.309 e. The van der Waals surface area contributed by atoms with Gasteiger partial charge in [0.15, 0.2) is 0 Å². The number of carbonyl (C=O) groups is 1. The smallest absolute Gasteiger partial charge is 0.309 e. The highest BCUT2D eigenvalue weighted by atomic mass is 16.4. The van der Waals surface area contributed by atoms with E-state index < -0.39 is 11.4 Å². The molecule has 0 aliphatic carbocycles. The van der Waals surface area contributed by atoms with Crippen LogP contribution in [0.2, 0.25) is 0 Å². The van der Waals surface area contributed by atoms with Crippen LogP contribution in [0, 0.1) is 5.41 Å².